The lowest BCUT2D eigenvalue weighted by atomic mass is 9.65. The van der Waals surface area contributed by atoms with Crippen molar-refractivity contribution in [2.24, 2.45) is 10.7 Å². The van der Waals surface area contributed by atoms with Crippen LogP contribution in [0.15, 0.2) is 23.2 Å². The summed E-state index contributed by atoms with van der Waals surface area (Å²) in [7, 11) is 5.64. The van der Waals surface area contributed by atoms with Gasteiger partial charge in [0.05, 0.1) is 14.2 Å². The Morgan fingerprint density at radius 2 is 2.07 bits per heavy atom. The minimum Gasteiger partial charge on any atom is -0.493 e. The van der Waals surface area contributed by atoms with E-state index in [1.54, 1.807) is 14.2 Å². The zero-order valence-electron chi connectivity index (χ0n) is 17.8. The van der Waals surface area contributed by atoms with E-state index in [0.29, 0.717) is 18.0 Å². The van der Waals surface area contributed by atoms with Crippen LogP contribution in [0.3, 0.4) is 0 Å². The molecule has 1 aromatic carbocycles. The molecular weight excluding hydrogens is 352 g/mol. The van der Waals surface area contributed by atoms with Gasteiger partial charge >= 0.3 is 0 Å². The third-order valence-electron chi connectivity index (χ3n) is 6.63. The summed E-state index contributed by atoms with van der Waals surface area (Å²) in [6.45, 7) is 4.09. The van der Waals surface area contributed by atoms with Crippen molar-refractivity contribution in [1.82, 2.24) is 10.2 Å². The molecule has 1 saturated carbocycles. The first-order valence-electron chi connectivity index (χ1n) is 10.5. The van der Waals surface area contributed by atoms with Crippen molar-refractivity contribution in [3.8, 4) is 11.5 Å². The molecule has 6 nitrogen and oxygen atoms in total. The summed E-state index contributed by atoms with van der Waals surface area (Å²) in [5, 5.41) is 3.48. The molecular formula is C22H36N4O2. The number of nitrogens with one attached hydrogen (secondary N) is 1. The van der Waals surface area contributed by atoms with E-state index < -0.39 is 0 Å². The van der Waals surface area contributed by atoms with Crippen LogP contribution in [0.1, 0.15) is 51.0 Å². The fraction of sp³-hybridized carbons (Fsp3) is 0.682. The Balaban J connectivity index is 1.77. The summed E-state index contributed by atoms with van der Waals surface area (Å²) in [5.41, 5.74) is 7.66. The van der Waals surface area contributed by atoms with Crippen molar-refractivity contribution in [2.45, 2.75) is 62.9 Å². The number of likely N-dealkylation sites (N-methyl/N-ethyl adjacent to an activating group) is 1. The van der Waals surface area contributed by atoms with Crippen LogP contribution >= 0.6 is 0 Å². The first-order chi connectivity index (χ1) is 13.5. The SMILES string of the molecule is CCCCN=C(N)N[C@@H]1CC[C@@]2(c3ccc(OC)c(OC)c3)CCN(C)[C@H]2C1. The van der Waals surface area contributed by atoms with E-state index in [4.69, 9.17) is 15.2 Å². The fourth-order valence-corrected chi connectivity index (χ4v) is 5.01. The lowest BCUT2D eigenvalue weighted by Gasteiger charge is -2.45. The van der Waals surface area contributed by atoms with Crippen LogP contribution in [0.25, 0.3) is 0 Å². The summed E-state index contributed by atoms with van der Waals surface area (Å²) >= 11 is 0. The van der Waals surface area contributed by atoms with Crippen LogP contribution in [-0.2, 0) is 5.41 Å². The molecule has 3 N–H and O–H groups in total. The van der Waals surface area contributed by atoms with Gasteiger partial charge in [-0.25, -0.2) is 0 Å². The van der Waals surface area contributed by atoms with E-state index in [9.17, 15) is 0 Å². The van der Waals surface area contributed by atoms with Gasteiger partial charge in [-0.15, -0.1) is 0 Å². The van der Waals surface area contributed by atoms with E-state index in [-0.39, 0.29) is 5.41 Å². The molecule has 2 aliphatic rings. The number of nitrogens with zero attached hydrogens (tertiary/aromatic N) is 2. The molecule has 2 fully saturated rings. The summed E-state index contributed by atoms with van der Waals surface area (Å²) in [5.74, 6) is 2.20. The molecule has 1 aliphatic heterocycles. The van der Waals surface area contributed by atoms with Crippen LogP contribution in [0.2, 0.25) is 0 Å². The van der Waals surface area contributed by atoms with Crippen molar-refractivity contribution in [3.63, 3.8) is 0 Å². The number of nitrogens with two attached hydrogens (primary N) is 1. The Bertz CT molecular complexity index is 693. The Morgan fingerprint density at radius 1 is 1.29 bits per heavy atom. The van der Waals surface area contributed by atoms with Crippen LogP contribution in [-0.4, -0.2) is 57.3 Å². The predicted molar refractivity (Wildman–Crippen MR) is 114 cm³/mol. The molecule has 156 valence electrons. The van der Waals surface area contributed by atoms with Gasteiger partial charge in [-0.3, -0.25) is 4.99 Å². The highest BCUT2D eigenvalue weighted by atomic mass is 16.5. The molecule has 0 aromatic heterocycles. The van der Waals surface area contributed by atoms with E-state index in [1.165, 1.54) is 12.0 Å². The van der Waals surface area contributed by atoms with Crippen molar-refractivity contribution in [1.29, 1.82) is 0 Å². The van der Waals surface area contributed by atoms with E-state index in [1.807, 2.05) is 6.07 Å². The molecule has 3 atom stereocenters. The third kappa shape index (κ3) is 4.07. The number of guanidine groups is 1. The van der Waals surface area contributed by atoms with Gasteiger partial charge in [-0.05, 0) is 63.4 Å². The fourth-order valence-electron chi connectivity index (χ4n) is 5.01. The molecule has 0 spiro atoms. The third-order valence-corrected chi connectivity index (χ3v) is 6.63. The Kier molecular flexibility index (Phi) is 6.70. The Labute approximate surface area is 169 Å². The van der Waals surface area contributed by atoms with Gasteiger partial charge < -0.3 is 25.4 Å². The number of hydrogen-bond acceptors (Lipinski definition) is 4. The van der Waals surface area contributed by atoms with Gasteiger partial charge in [0.1, 0.15) is 0 Å². The zero-order chi connectivity index (χ0) is 20.1. The predicted octanol–water partition coefficient (Wildman–Crippen LogP) is 2.90. The largest absolute Gasteiger partial charge is 0.493 e. The van der Waals surface area contributed by atoms with Crippen molar-refractivity contribution in [3.05, 3.63) is 23.8 Å². The molecule has 0 unspecified atom stereocenters. The number of rotatable bonds is 7. The molecule has 6 heteroatoms. The van der Waals surface area contributed by atoms with Crippen LogP contribution in [0.4, 0.5) is 0 Å². The van der Waals surface area contributed by atoms with Crippen molar-refractivity contribution >= 4 is 5.96 Å². The summed E-state index contributed by atoms with van der Waals surface area (Å²) in [6.07, 6.45) is 6.72. The lowest BCUT2D eigenvalue weighted by Crippen LogP contribution is -2.52. The summed E-state index contributed by atoms with van der Waals surface area (Å²) < 4.78 is 11.0. The number of unbranched alkanes of at least 4 members (excludes halogenated alkanes) is 1. The lowest BCUT2D eigenvalue weighted by molar-refractivity contribution is 0.161. The maximum atomic E-state index is 6.13. The van der Waals surface area contributed by atoms with Gasteiger partial charge in [0, 0.05) is 24.0 Å². The molecule has 0 bridgehead atoms. The first kappa shape index (κ1) is 20.8. The minimum atomic E-state index is 0.167. The molecule has 1 saturated heterocycles. The second kappa shape index (κ2) is 9.03. The summed E-state index contributed by atoms with van der Waals surface area (Å²) in [6, 6.07) is 7.31. The van der Waals surface area contributed by atoms with Gasteiger partial charge in [0.15, 0.2) is 17.5 Å². The van der Waals surface area contributed by atoms with Gasteiger partial charge in [0.25, 0.3) is 0 Å². The number of fused-ring (bicyclic) bond motifs is 1. The normalized spacial score (nSPS) is 28.1. The Morgan fingerprint density at radius 3 is 2.79 bits per heavy atom. The number of ether oxygens (including phenoxy) is 2. The topological polar surface area (TPSA) is 72.1 Å². The van der Waals surface area contributed by atoms with E-state index >= 15 is 0 Å². The number of aliphatic imine (C=N–C) groups is 1. The van der Waals surface area contributed by atoms with Gasteiger partial charge in [-0.1, -0.05) is 19.4 Å². The smallest absolute Gasteiger partial charge is 0.188 e. The molecule has 1 heterocycles. The highest BCUT2D eigenvalue weighted by Crippen LogP contribution is 2.49. The average Bonchev–Trinajstić information content (AvgIpc) is 3.05. The van der Waals surface area contributed by atoms with E-state index in [0.717, 1.165) is 56.7 Å². The standard InChI is InChI=1S/C22H36N4O2/c1-5-6-12-24-21(23)25-17-9-10-22(11-13-26(2)20(22)15-17)16-7-8-18(27-3)19(14-16)28-4/h7-8,14,17,20H,5-6,9-13,15H2,1-4H3,(H3,23,24,25)/t17-,20+,22+/m1/s1. The second-order valence-corrected chi connectivity index (χ2v) is 8.21. The highest BCUT2D eigenvalue weighted by Gasteiger charge is 2.50. The van der Waals surface area contributed by atoms with Crippen LogP contribution < -0.4 is 20.5 Å². The van der Waals surface area contributed by atoms with Crippen LogP contribution in [0.5, 0.6) is 11.5 Å². The van der Waals surface area contributed by atoms with Gasteiger partial charge in [0.2, 0.25) is 0 Å². The maximum absolute atomic E-state index is 6.13. The monoisotopic (exact) mass is 388 g/mol. The van der Waals surface area contributed by atoms with E-state index in [2.05, 4.69) is 41.3 Å². The molecule has 28 heavy (non-hydrogen) atoms. The molecule has 0 amide bonds. The first-order valence-corrected chi connectivity index (χ1v) is 10.5. The number of likely N-dealkylation sites (tertiary alicyclic amines) is 1. The molecule has 1 aliphatic carbocycles. The number of hydrogen-bond donors (Lipinski definition) is 2. The molecule has 1 aromatic rings. The van der Waals surface area contributed by atoms with Crippen molar-refractivity contribution < 1.29 is 9.47 Å². The Hall–Kier alpha value is -1.95. The number of benzene rings is 1. The second-order valence-electron chi connectivity index (χ2n) is 8.21. The summed E-state index contributed by atoms with van der Waals surface area (Å²) in [4.78, 5) is 6.98. The zero-order valence-corrected chi connectivity index (χ0v) is 17.8. The maximum Gasteiger partial charge on any atom is 0.188 e. The number of methoxy groups -OCH3 is 2. The quantitative estimate of drug-likeness (QED) is 0.427. The minimum absolute atomic E-state index is 0.167. The van der Waals surface area contributed by atoms with Gasteiger partial charge in [-0.2, -0.15) is 0 Å². The molecule has 0 radical (unpaired) electrons. The van der Waals surface area contributed by atoms with Crippen LogP contribution in [0, 0.1) is 0 Å². The highest BCUT2D eigenvalue weighted by molar-refractivity contribution is 5.78. The average molecular weight is 389 g/mol. The van der Waals surface area contributed by atoms with Crippen molar-refractivity contribution in [2.75, 3.05) is 34.4 Å². The molecule has 3 rings (SSSR count).